The molecule has 156 valence electrons. The van der Waals surface area contributed by atoms with Gasteiger partial charge in [-0.15, -0.1) is 0 Å². The third-order valence-corrected chi connectivity index (χ3v) is 6.00. The summed E-state index contributed by atoms with van der Waals surface area (Å²) >= 11 is 13.3. The molecule has 1 atom stereocenters. The van der Waals surface area contributed by atoms with Crippen molar-refractivity contribution in [3.8, 4) is 0 Å². The Kier molecular flexibility index (Phi) is 7.02. The highest BCUT2D eigenvalue weighted by Crippen LogP contribution is 2.32. The van der Waals surface area contributed by atoms with E-state index in [0.29, 0.717) is 32.2 Å². The Morgan fingerprint density at radius 1 is 1.20 bits per heavy atom. The lowest BCUT2D eigenvalue weighted by atomic mass is 10.2. The number of thioether (sulfide) groups is 1. The van der Waals surface area contributed by atoms with Crippen molar-refractivity contribution in [3.63, 3.8) is 0 Å². The van der Waals surface area contributed by atoms with E-state index in [9.17, 15) is 14.4 Å². The van der Waals surface area contributed by atoms with E-state index in [4.69, 9.17) is 23.2 Å². The summed E-state index contributed by atoms with van der Waals surface area (Å²) in [6.45, 7) is 0. The zero-order valence-electron chi connectivity index (χ0n) is 16.0. The minimum atomic E-state index is -0.651. The molecule has 7 nitrogen and oxygen atoms in total. The molecule has 0 saturated carbocycles. The Morgan fingerprint density at radius 2 is 1.90 bits per heavy atom. The van der Waals surface area contributed by atoms with Gasteiger partial charge in [-0.05, 0) is 42.5 Å². The van der Waals surface area contributed by atoms with E-state index in [0.717, 1.165) is 16.7 Å². The van der Waals surface area contributed by atoms with Crippen LogP contribution in [0.3, 0.4) is 0 Å². The predicted octanol–water partition coefficient (Wildman–Crippen LogP) is 4.24. The van der Waals surface area contributed by atoms with Gasteiger partial charge in [0.25, 0.3) is 0 Å². The number of methoxy groups -OCH3 is 1. The number of benzene rings is 2. The van der Waals surface area contributed by atoms with Gasteiger partial charge in [-0.2, -0.15) is 0 Å². The van der Waals surface area contributed by atoms with E-state index >= 15 is 0 Å². The Morgan fingerprint density at radius 3 is 2.53 bits per heavy atom. The van der Waals surface area contributed by atoms with Gasteiger partial charge in [0.2, 0.25) is 11.8 Å². The highest BCUT2D eigenvalue weighted by molar-refractivity contribution is 8.15. The molecule has 1 fully saturated rings. The van der Waals surface area contributed by atoms with Crippen molar-refractivity contribution in [1.82, 2.24) is 0 Å². The number of nitrogens with zero attached hydrogens (tertiary/aromatic N) is 2. The summed E-state index contributed by atoms with van der Waals surface area (Å²) in [6, 6.07) is 11.0. The molecule has 0 aliphatic carbocycles. The number of hydrogen-bond acceptors (Lipinski definition) is 6. The molecule has 2 amide bonds. The summed E-state index contributed by atoms with van der Waals surface area (Å²) in [5.74, 6) is -1.20. The van der Waals surface area contributed by atoms with Crippen molar-refractivity contribution >= 4 is 69.3 Å². The average molecular weight is 466 g/mol. The van der Waals surface area contributed by atoms with Crippen LogP contribution >= 0.6 is 35.0 Å². The number of ether oxygens (including phenoxy) is 1. The number of anilines is 2. The van der Waals surface area contributed by atoms with Crippen LogP contribution in [0.5, 0.6) is 0 Å². The zero-order valence-corrected chi connectivity index (χ0v) is 18.3. The maximum absolute atomic E-state index is 12.9. The molecule has 1 saturated heterocycles. The number of halogens is 2. The fourth-order valence-corrected chi connectivity index (χ4v) is 4.13. The summed E-state index contributed by atoms with van der Waals surface area (Å²) in [5, 5.41) is 3.76. The van der Waals surface area contributed by atoms with E-state index in [2.05, 4.69) is 15.0 Å². The van der Waals surface area contributed by atoms with Gasteiger partial charge < -0.3 is 10.1 Å². The van der Waals surface area contributed by atoms with Crippen molar-refractivity contribution in [2.75, 3.05) is 24.4 Å². The first-order valence-corrected chi connectivity index (χ1v) is 10.4. The number of hydrogen-bond donors (Lipinski definition) is 1. The first-order valence-electron chi connectivity index (χ1n) is 8.74. The van der Waals surface area contributed by atoms with Crippen molar-refractivity contribution in [1.29, 1.82) is 0 Å². The van der Waals surface area contributed by atoms with Crippen LogP contribution in [0.2, 0.25) is 10.0 Å². The second kappa shape index (κ2) is 9.51. The lowest BCUT2D eigenvalue weighted by molar-refractivity contribution is -0.121. The Bertz CT molecular complexity index is 1030. The molecular weight excluding hydrogens is 449 g/mol. The van der Waals surface area contributed by atoms with Gasteiger partial charge in [-0.3, -0.25) is 14.6 Å². The monoisotopic (exact) mass is 465 g/mol. The summed E-state index contributed by atoms with van der Waals surface area (Å²) in [4.78, 5) is 42.2. The molecule has 30 heavy (non-hydrogen) atoms. The largest absolute Gasteiger partial charge is 0.465 e. The first kappa shape index (κ1) is 22.1. The molecule has 1 aliphatic rings. The van der Waals surface area contributed by atoms with Crippen LogP contribution < -0.4 is 10.2 Å². The molecule has 3 rings (SSSR count). The fraction of sp³-hybridized carbons (Fsp3) is 0.200. The smallest absolute Gasteiger partial charge is 0.337 e. The average Bonchev–Trinajstić information content (AvgIpc) is 3.02. The van der Waals surface area contributed by atoms with Crippen LogP contribution in [-0.2, 0) is 14.3 Å². The molecule has 0 aromatic heterocycles. The maximum Gasteiger partial charge on any atom is 0.337 e. The molecule has 1 aliphatic heterocycles. The quantitative estimate of drug-likeness (QED) is 0.314. The van der Waals surface area contributed by atoms with Gasteiger partial charge in [0.1, 0.15) is 5.25 Å². The highest BCUT2D eigenvalue weighted by atomic mass is 35.5. The third kappa shape index (κ3) is 4.77. The Labute approximate surface area is 187 Å². The molecule has 10 heteroatoms. The molecule has 0 unspecified atom stereocenters. The molecule has 2 aromatic rings. The van der Waals surface area contributed by atoms with E-state index in [1.165, 1.54) is 31.4 Å². The second-order valence-corrected chi connectivity index (χ2v) is 8.23. The Hall–Kier alpha value is -2.55. The standard InChI is InChI=1S/C20H17Cl2N3O4S/c1-23-20(24-15-9-12(21)5-8-14(15)22)30-16-10-17(26)25(18(16)27)13-6-3-11(4-7-13)19(28)29-2/h3-9,16H,10H2,1-2H3,(H,23,24)/t16-/m0/s1. The zero-order chi connectivity index (χ0) is 21.8. The van der Waals surface area contributed by atoms with Crippen LogP contribution in [-0.4, -0.2) is 42.4 Å². The number of aliphatic imine (C=N–C) groups is 1. The summed E-state index contributed by atoms with van der Waals surface area (Å²) in [5.41, 5.74) is 1.26. The molecule has 0 spiro atoms. The van der Waals surface area contributed by atoms with Gasteiger partial charge in [-0.25, -0.2) is 9.69 Å². The maximum atomic E-state index is 12.9. The van der Waals surface area contributed by atoms with Gasteiger partial charge in [0.15, 0.2) is 5.17 Å². The number of carbonyl (C=O) groups is 3. The van der Waals surface area contributed by atoms with E-state index in [1.807, 2.05) is 0 Å². The summed E-state index contributed by atoms with van der Waals surface area (Å²) in [6.07, 6.45) is 0.0201. The van der Waals surface area contributed by atoms with Crippen LogP contribution in [0.1, 0.15) is 16.8 Å². The lowest BCUT2D eigenvalue weighted by Crippen LogP contribution is -2.31. The molecule has 2 aromatic carbocycles. The molecule has 1 N–H and O–H groups in total. The number of amidine groups is 1. The van der Waals surface area contributed by atoms with Gasteiger partial charge >= 0.3 is 5.97 Å². The highest BCUT2D eigenvalue weighted by Gasteiger charge is 2.40. The number of rotatable bonds is 4. The lowest BCUT2D eigenvalue weighted by Gasteiger charge is -2.16. The van der Waals surface area contributed by atoms with Gasteiger partial charge in [-0.1, -0.05) is 35.0 Å². The minimum Gasteiger partial charge on any atom is -0.465 e. The number of nitrogens with one attached hydrogen (secondary N) is 1. The van der Waals surface area contributed by atoms with Crippen LogP contribution in [0.15, 0.2) is 47.5 Å². The third-order valence-electron chi connectivity index (χ3n) is 4.28. The normalized spacial score (nSPS) is 16.7. The molecule has 1 heterocycles. The van der Waals surface area contributed by atoms with Crippen molar-refractivity contribution in [3.05, 3.63) is 58.1 Å². The van der Waals surface area contributed by atoms with Crippen molar-refractivity contribution in [2.45, 2.75) is 11.7 Å². The molecule has 0 radical (unpaired) electrons. The second-order valence-electron chi connectivity index (χ2n) is 6.19. The van der Waals surface area contributed by atoms with Crippen LogP contribution in [0.25, 0.3) is 0 Å². The number of esters is 1. The SMILES string of the molecule is CN=C(Nc1cc(Cl)ccc1Cl)S[C@H]1CC(=O)N(c2ccc(C(=O)OC)cc2)C1=O. The van der Waals surface area contributed by atoms with E-state index in [-0.39, 0.29) is 18.2 Å². The van der Waals surface area contributed by atoms with Crippen molar-refractivity contribution in [2.24, 2.45) is 4.99 Å². The molecular formula is C20H17Cl2N3O4S. The van der Waals surface area contributed by atoms with Crippen LogP contribution in [0, 0.1) is 0 Å². The van der Waals surface area contributed by atoms with Gasteiger partial charge in [0, 0.05) is 18.5 Å². The first-order chi connectivity index (χ1) is 14.3. The van der Waals surface area contributed by atoms with Gasteiger partial charge in [0.05, 0.1) is 29.1 Å². The topological polar surface area (TPSA) is 88.1 Å². The van der Waals surface area contributed by atoms with Crippen molar-refractivity contribution < 1.29 is 19.1 Å². The fourth-order valence-electron chi connectivity index (χ4n) is 2.81. The summed E-state index contributed by atoms with van der Waals surface area (Å²) in [7, 11) is 2.85. The molecule has 0 bridgehead atoms. The minimum absolute atomic E-state index is 0.0201. The number of imide groups is 1. The van der Waals surface area contributed by atoms with Crippen LogP contribution in [0.4, 0.5) is 11.4 Å². The number of carbonyl (C=O) groups excluding carboxylic acids is 3. The number of amides is 2. The van der Waals surface area contributed by atoms with E-state index in [1.54, 1.807) is 25.2 Å². The Balaban J connectivity index is 1.73. The van der Waals surface area contributed by atoms with E-state index < -0.39 is 11.2 Å². The predicted molar refractivity (Wildman–Crippen MR) is 120 cm³/mol. The summed E-state index contributed by atoms with van der Waals surface area (Å²) < 4.78 is 4.65.